The molecule has 2 heterocycles. The molecule has 0 saturated carbocycles. The Hall–Kier alpha value is -2.03. The second-order valence-electron chi connectivity index (χ2n) is 6.35. The Balaban J connectivity index is 0.00000261. The van der Waals surface area contributed by atoms with Crippen LogP contribution in [0.15, 0.2) is 47.6 Å². The molecule has 2 N–H and O–H groups in total. The van der Waals surface area contributed by atoms with Gasteiger partial charge in [0.1, 0.15) is 11.6 Å². The molecule has 1 aromatic heterocycles. The molecule has 0 aliphatic carbocycles. The van der Waals surface area contributed by atoms with Gasteiger partial charge in [0.15, 0.2) is 5.96 Å². The second-order valence-corrected chi connectivity index (χ2v) is 6.35. The summed E-state index contributed by atoms with van der Waals surface area (Å²) in [4.78, 5) is 11.2. The predicted octanol–water partition coefficient (Wildman–Crippen LogP) is 3.17. The topological polar surface area (TPSA) is 61.8 Å². The Bertz CT molecular complexity index is 712. The fourth-order valence-electron chi connectivity index (χ4n) is 2.99. The molecule has 7 heteroatoms. The molecule has 1 saturated heterocycles. The van der Waals surface area contributed by atoms with Gasteiger partial charge < -0.3 is 20.3 Å². The van der Waals surface area contributed by atoms with Crippen LogP contribution >= 0.6 is 24.0 Å². The van der Waals surface area contributed by atoms with Crippen molar-refractivity contribution >= 4 is 35.8 Å². The summed E-state index contributed by atoms with van der Waals surface area (Å²) >= 11 is 0. The van der Waals surface area contributed by atoms with E-state index < -0.39 is 0 Å². The first-order valence-corrected chi connectivity index (χ1v) is 9.06. The molecule has 0 radical (unpaired) electrons. The number of aromatic nitrogens is 1. The molecule has 0 atom stereocenters. The molecule has 1 aromatic carbocycles. The van der Waals surface area contributed by atoms with Gasteiger partial charge in [-0.3, -0.25) is 4.99 Å². The normalized spacial score (nSPS) is 13.9. The molecule has 1 aliphatic heterocycles. The van der Waals surface area contributed by atoms with Crippen molar-refractivity contribution in [1.29, 1.82) is 0 Å². The Morgan fingerprint density at radius 2 is 1.67 bits per heavy atom. The van der Waals surface area contributed by atoms with Crippen LogP contribution in [-0.4, -0.2) is 38.2 Å². The van der Waals surface area contributed by atoms with Crippen LogP contribution < -0.4 is 20.3 Å². The van der Waals surface area contributed by atoms with Gasteiger partial charge in [0.2, 0.25) is 0 Å². The number of hydrogen-bond donors (Lipinski definition) is 2. The van der Waals surface area contributed by atoms with Gasteiger partial charge in [0.05, 0.1) is 7.11 Å². The molecule has 0 spiro atoms. The molecular formula is C20H28IN5O. The first-order chi connectivity index (χ1) is 12.8. The zero-order valence-electron chi connectivity index (χ0n) is 15.9. The van der Waals surface area contributed by atoms with Gasteiger partial charge in [-0.15, -0.1) is 24.0 Å². The van der Waals surface area contributed by atoms with E-state index in [1.165, 1.54) is 18.4 Å². The Labute approximate surface area is 178 Å². The van der Waals surface area contributed by atoms with Gasteiger partial charge in [-0.25, -0.2) is 4.98 Å². The number of nitrogens with one attached hydrogen (secondary N) is 2. The Morgan fingerprint density at radius 3 is 2.22 bits per heavy atom. The number of ether oxygens (including phenoxy) is 1. The zero-order valence-corrected chi connectivity index (χ0v) is 18.3. The first-order valence-electron chi connectivity index (χ1n) is 9.06. The number of pyridine rings is 1. The smallest absolute Gasteiger partial charge is 0.191 e. The van der Waals surface area contributed by atoms with Gasteiger partial charge in [0.25, 0.3) is 0 Å². The number of benzene rings is 1. The molecule has 6 nitrogen and oxygen atoms in total. The molecule has 1 aliphatic rings. The summed E-state index contributed by atoms with van der Waals surface area (Å²) in [5, 5.41) is 6.65. The summed E-state index contributed by atoms with van der Waals surface area (Å²) < 4.78 is 5.18. The number of anilines is 1. The van der Waals surface area contributed by atoms with Crippen LogP contribution in [0.2, 0.25) is 0 Å². The number of hydrogen-bond acceptors (Lipinski definition) is 4. The fourth-order valence-corrected chi connectivity index (χ4v) is 2.99. The van der Waals surface area contributed by atoms with Gasteiger partial charge >= 0.3 is 0 Å². The third-order valence-electron chi connectivity index (χ3n) is 4.54. The van der Waals surface area contributed by atoms with Crippen molar-refractivity contribution in [3.8, 4) is 5.75 Å². The average Bonchev–Trinajstić information content (AvgIpc) is 3.24. The largest absolute Gasteiger partial charge is 0.497 e. The molecule has 27 heavy (non-hydrogen) atoms. The lowest BCUT2D eigenvalue weighted by Crippen LogP contribution is -2.36. The molecule has 146 valence electrons. The SMILES string of the molecule is CN=C(NCc1ccc(OC)cc1)NCc1ccc(N2CCCC2)nc1.I. The number of nitrogens with zero attached hydrogens (tertiary/aromatic N) is 3. The Kier molecular flexibility index (Phi) is 8.63. The average molecular weight is 481 g/mol. The van der Waals surface area contributed by atoms with Gasteiger partial charge in [0, 0.05) is 39.4 Å². The summed E-state index contributed by atoms with van der Waals surface area (Å²) in [6, 6.07) is 12.2. The van der Waals surface area contributed by atoms with Crippen LogP contribution in [0.1, 0.15) is 24.0 Å². The summed E-state index contributed by atoms with van der Waals surface area (Å²) in [7, 11) is 3.45. The molecule has 0 bridgehead atoms. The summed E-state index contributed by atoms with van der Waals surface area (Å²) in [5.41, 5.74) is 2.31. The zero-order chi connectivity index (χ0) is 18.2. The lowest BCUT2D eigenvalue weighted by Gasteiger charge is -2.16. The van der Waals surface area contributed by atoms with Crippen molar-refractivity contribution in [2.24, 2.45) is 4.99 Å². The van der Waals surface area contributed by atoms with Crippen LogP contribution in [0.3, 0.4) is 0 Å². The number of halogens is 1. The van der Waals surface area contributed by atoms with Crippen molar-refractivity contribution in [1.82, 2.24) is 15.6 Å². The number of guanidine groups is 1. The van der Waals surface area contributed by atoms with E-state index in [9.17, 15) is 0 Å². The highest BCUT2D eigenvalue weighted by Crippen LogP contribution is 2.17. The lowest BCUT2D eigenvalue weighted by atomic mass is 10.2. The van der Waals surface area contributed by atoms with E-state index in [2.05, 4.69) is 37.6 Å². The van der Waals surface area contributed by atoms with Gasteiger partial charge in [-0.05, 0) is 42.2 Å². The highest BCUT2D eigenvalue weighted by atomic mass is 127. The van der Waals surface area contributed by atoms with Crippen LogP contribution in [0.5, 0.6) is 5.75 Å². The number of rotatable bonds is 6. The minimum absolute atomic E-state index is 0. The van der Waals surface area contributed by atoms with E-state index in [0.29, 0.717) is 13.1 Å². The molecule has 2 aromatic rings. The van der Waals surface area contributed by atoms with E-state index in [-0.39, 0.29) is 24.0 Å². The van der Waals surface area contributed by atoms with E-state index in [1.54, 1.807) is 14.2 Å². The van der Waals surface area contributed by atoms with Crippen LogP contribution in [0.25, 0.3) is 0 Å². The van der Waals surface area contributed by atoms with Crippen LogP contribution in [0, 0.1) is 0 Å². The number of aliphatic imine (C=N–C) groups is 1. The van der Waals surface area contributed by atoms with E-state index in [1.807, 2.05) is 30.5 Å². The molecule has 0 amide bonds. The summed E-state index contributed by atoms with van der Waals surface area (Å²) in [5.74, 6) is 2.71. The van der Waals surface area contributed by atoms with Crippen molar-refractivity contribution in [2.45, 2.75) is 25.9 Å². The third-order valence-corrected chi connectivity index (χ3v) is 4.54. The van der Waals surface area contributed by atoms with Crippen molar-refractivity contribution < 1.29 is 4.74 Å². The second kappa shape index (κ2) is 11.0. The van der Waals surface area contributed by atoms with E-state index in [4.69, 9.17) is 4.74 Å². The quantitative estimate of drug-likeness (QED) is 0.377. The summed E-state index contributed by atoms with van der Waals surface area (Å²) in [6.07, 6.45) is 4.47. The third kappa shape index (κ3) is 6.27. The molecule has 0 unspecified atom stereocenters. The van der Waals surface area contributed by atoms with E-state index in [0.717, 1.165) is 36.2 Å². The van der Waals surface area contributed by atoms with Crippen LogP contribution in [0.4, 0.5) is 5.82 Å². The molecule has 1 fully saturated rings. The lowest BCUT2D eigenvalue weighted by molar-refractivity contribution is 0.414. The predicted molar refractivity (Wildman–Crippen MR) is 121 cm³/mol. The van der Waals surface area contributed by atoms with Gasteiger partial charge in [-0.2, -0.15) is 0 Å². The monoisotopic (exact) mass is 481 g/mol. The molecular weight excluding hydrogens is 453 g/mol. The fraction of sp³-hybridized carbons (Fsp3) is 0.400. The maximum absolute atomic E-state index is 5.18. The van der Waals surface area contributed by atoms with Crippen LogP contribution in [-0.2, 0) is 13.1 Å². The number of methoxy groups -OCH3 is 1. The minimum atomic E-state index is 0. The van der Waals surface area contributed by atoms with Crippen molar-refractivity contribution in [3.63, 3.8) is 0 Å². The highest BCUT2D eigenvalue weighted by molar-refractivity contribution is 14.0. The maximum Gasteiger partial charge on any atom is 0.191 e. The van der Waals surface area contributed by atoms with Crippen molar-refractivity contribution in [2.75, 3.05) is 32.1 Å². The maximum atomic E-state index is 5.18. The van der Waals surface area contributed by atoms with Gasteiger partial charge in [-0.1, -0.05) is 18.2 Å². The molecule has 3 rings (SSSR count). The first kappa shape index (κ1) is 21.3. The summed E-state index contributed by atoms with van der Waals surface area (Å²) in [6.45, 7) is 3.63. The minimum Gasteiger partial charge on any atom is -0.497 e. The standard InChI is InChI=1S/C20H27N5O.HI/c1-21-20(23-13-16-5-8-18(26-2)9-6-16)24-15-17-7-10-19(22-14-17)25-11-3-4-12-25;/h5-10,14H,3-4,11-13,15H2,1-2H3,(H2,21,23,24);1H. The Morgan fingerprint density at radius 1 is 1.04 bits per heavy atom. The highest BCUT2D eigenvalue weighted by Gasteiger charge is 2.12. The van der Waals surface area contributed by atoms with Crippen molar-refractivity contribution in [3.05, 3.63) is 53.7 Å². The van der Waals surface area contributed by atoms with E-state index >= 15 is 0 Å².